The molecule has 7 atom stereocenters. The molecule has 0 aliphatic carbocycles. The lowest BCUT2D eigenvalue weighted by atomic mass is 9.99. The number of rotatable bonds is 26. The van der Waals surface area contributed by atoms with Gasteiger partial charge in [-0.1, -0.05) is 122 Å². The summed E-state index contributed by atoms with van der Waals surface area (Å²) in [6.45, 7) is 3.68. The Morgan fingerprint density at radius 3 is 1.86 bits per heavy atom. The SMILES string of the molecule is CCCCCCCCCCC/C=C/[C@@H](O)[C@H](CO[C@@H]1O[C@H](CO)[C@H](O)C(O)C1O)NC(=O)CCCCCCCCCC. The number of nitrogens with one attached hydrogen (secondary N) is 1. The minimum atomic E-state index is -1.56. The van der Waals surface area contributed by atoms with E-state index in [0.29, 0.717) is 6.42 Å². The molecule has 2 unspecified atom stereocenters. The van der Waals surface area contributed by atoms with E-state index in [1.165, 1.54) is 77.0 Å². The van der Waals surface area contributed by atoms with Gasteiger partial charge in [-0.2, -0.15) is 0 Å². The van der Waals surface area contributed by atoms with Crippen LogP contribution in [0.2, 0.25) is 0 Å². The highest BCUT2D eigenvalue weighted by atomic mass is 16.7. The summed E-state index contributed by atoms with van der Waals surface area (Å²) in [7, 11) is 0. The standard InChI is InChI=1S/C33H63NO8/c1-3-5-7-9-11-13-14-15-16-18-20-22-27(36)26(34-29(37)23-21-19-17-12-10-8-6-4-2)25-41-33-32(40)31(39)30(38)28(24-35)42-33/h20,22,26-28,30-33,35-36,38-40H,3-19,21,23-25H2,1-2H3,(H,34,37)/b22-20+/t26-,27+,28+,30-,31?,32?,33+/m0/s1. The van der Waals surface area contributed by atoms with E-state index in [0.717, 1.165) is 38.5 Å². The molecule has 9 nitrogen and oxygen atoms in total. The minimum absolute atomic E-state index is 0.185. The molecule has 1 aliphatic heterocycles. The summed E-state index contributed by atoms with van der Waals surface area (Å²) >= 11 is 0. The average molecular weight is 602 g/mol. The van der Waals surface area contributed by atoms with Crippen molar-refractivity contribution in [1.82, 2.24) is 5.32 Å². The van der Waals surface area contributed by atoms with Crippen LogP contribution in [0.5, 0.6) is 0 Å². The van der Waals surface area contributed by atoms with Gasteiger partial charge >= 0.3 is 0 Å². The van der Waals surface area contributed by atoms with Gasteiger partial charge in [0.25, 0.3) is 0 Å². The maximum Gasteiger partial charge on any atom is 0.220 e. The Morgan fingerprint density at radius 2 is 1.31 bits per heavy atom. The van der Waals surface area contributed by atoms with Gasteiger partial charge < -0.3 is 40.3 Å². The molecular formula is C33H63NO8. The molecule has 1 saturated heterocycles. The normalized spacial score (nSPS) is 24.2. The lowest BCUT2D eigenvalue weighted by molar-refractivity contribution is -0.302. The zero-order valence-electron chi connectivity index (χ0n) is 26.5. The number of ether oxygens (including phenoxy) is 2. The molecule has 1 rings (SSSR count). The average Bonchev–Trinajstić information content (AvgIpc) is 2.98. The summed E-state index contributed by atoms with van der Waals surface area (Å²) in [4.78, 5) is 12.7. The van der Waals surface area contributed by atoms with Gasteiger partial charge in [-0.05, 0) is 19.3 Å². The predicted octanol–water partition coefficient (Wildman–Crippen LogP) is 4.66. The van der Waals surface area contributed by atoms with Crippen molar-refractivity contribution in [3.8, 4) is 0 Å². The number of unbranched alkanes of at least 4 members (excludes halogenated alkanes) is 16. The molecule has 1 heterocycles. The maximum atomic E-state index is 12.7. The highest BCUT2D eigenvalue weighted by molar-refractivity contribution is 5.76. The van der Waals surface area contributed by atoms with Crippen molar-refractivity contribution in [2.75, 3.05) is 13.2 Å². The molecular weight excluding hydrogens is 538 g/mol. The number of amides is 1. The first-order valence-corrected chi connectivity index (χ1v) is 16.9. The quantitative estimate of drug-likeness (QED) is 0.0620. The Hall–Kier alpha value is -1.07. The van der Waals surface area contributed by atoms with E-state index >= 15 is 0 Å². The van der Waals surface area contributed by atoms with E-state index in [1.54, 1.807) is 6.08 Å². The van der Waals surface area contributed by atoms with Crippen LogP contribution >= 0.6 is 0 Å². The van der Waals surface area contributed by atoms with Gasteiger partial charge in [-0.15, -0.1) is 0 Å². The van der Waals surface area contributed by atoms with Crippen LogP contribution in [0.4, 0.5) is 0 Å². The number of aliphatic hydroxyl groups is 5. The lowest BCUT2D eigenvalue weighted by Crippen LogP contribution is -2.60. The molecule has 248 valence electrons. The zero-order chi connectivity index (χ0) is 31.0. The Labute approximate surface area is 255 Å². The summed E-state index contributed by atoms with van der Waals surface area (Å²) in [6, 6.07) is -0.793. The third-order valence-corrected chi connectivity index (χ3v) is 8.11. The van der Waals surface area contributed by atoms with Gasteiger partial charge in [0.15, 0.2) is 6.29 Å². The Balaban J connectivity index is 2.54. The monoisotopic (exact) mass is 601 g/mol. The van der Waals surface area contributed by atoms with Crippen molar-refractivity contribution in [2.45, 2.75) is 179 Å². The summed E-state index contributed by atoms with van der Waals surface area (Å²) in [6.07, 6.45) is 17.0. The Bertz CT molecular complexity index is 676. The van der Waals surface area contributed by atoms with E-state index in [9.17, 15) is 30.3 Å². The van der Waals surface area contributed by atoms with Gasteiger partial charge in [0, 0.05) is 6.42 Å². The third-order valence-electron chi connectivity index (χ3n) is 8.11. The Kier molecular flexibility index (Phi) is 23.4. The number of carbonyl (C=O) groups is 1. The lowest BCUT2D eigenvalue weighted by Gasteiger charge is -2.40. The van der Waals surface area contributed by atoms with Crippen LogP contribution in [0.25, 0.3) is 0 Å². The Morgan fingerprint density at radius 1 is 0.786 bits per heavy atom. The van der Waals surface area contributed by atoms with Crippen LogP contribution in [-0.4, -0.2) is 87.5 Å². The largest absolute Gasteiger partial charge is 0.394 e. The molecule has 42 heavy (non-hydrogen) atoms. The molecule has 0 aromatic rings. The van der Waals surface area contributed by atoms with Crippen LogP contribution in [0, 0.1) is 0 Å². The first-order chi connectivity index (χ1) is 20.3. The molecule has 0 aromatic carbocycles. The minimum Gasteiger partial charge on any atom is -0.394 e. The smallest absolute Gasteiger partial charge is 0.220 e. The van der Waals surface area contributed by atoms with Crippen molar-refractivity contribution in [3.63, 3.8) is 0 Å². The highest BCUT2D eigenvalue weighted by Crippen LogP contribution is 2.22. The molecule has 1 amide bonds. The van der Waals surface area contributed by atoms with E-state index in [1.807, 2.05) is 6.08 Å². The maximum absolute atomic E-state index is 12.7. The molecule has 0 bridgehead atoms. The summed E-state index contributed by atoms with van der Waals surface area (Å²) in [5.41, 5.74) is 0. The van der Waals surface area contributed by atoms with Crippen LogP contribution in [-0.2, 0) is 14.3 Å². The molecule has 0 aromatic heterocycles. The van der Waals surface area contributed by atoms with Crippen molar-refractivity contribution in [2.24, 2.45) is 0 Å². The molecule has 9 heteroatoms. The molecule has 0 saturated carbocycles. The van der Waals surface area contributed by atoms with Crippen molar-refractivity contribution in [3.05, 3.63) is 12.2 Å². The van der Waals surface area contributed by atoms with E-state index < -0.39 is 49.5 Å². The molecule has 6 N–H and O–H groups in total. The van der Waals surface area contributed by atoms with Crippen molar-refractivity contribution in [1.29, 1.82) is 0 Å². The third kappa shape index (κ3) is 17.3. The fourth-order valence-corrected chi connectivity index (χ4v) is 5.27. The number of hydrogen-bond donors (Lipinski definition) is 6. The molecule has 1 aliphatic rings. The van der Waals surface area contributed by atoms with E-state index in [2.05, 4.69) is 19.2 Å². The van der Waals surface area contributed by atoms with Gasteiger partial charge in [0.1, 0.15) is 24.4 Å². The van der Waals surface area contributed by atoms with Gasteiger partial charge in [-0.3, -0.25) is 4.79 Å². The number of aliphatic hydroxyl groups excluding tert-OH is 5. The van der Waals surface area contributed by atoms with Gasteiger partial charge in [-0.25, -0.2) is 0 Å². The van der Waals surface area contributed by atoms with Crippen LogP contribution < -0.4 is 5.32 Å². The fraction of sp³-hybridized carbons (Fsp3) is 0.909. The van der Waals surface area contributed by atoms with Crippen molar-refractivity contribution >= 4 is 5.91 Å². The van der Waals surface area contributed by atoms with Gasteiger partial charge in [0.05, 0.1) is 25.4 Å². The summed E-state index contributed by atoms with van der Waals surface area (Å²) < 4.78 is 11.1. The van der Waals surface area contributed by atoms with Crippen LogP contribution in [0.1, 0.15) is 136 Å². The van der Waals surface area contributed by atoms with E-state index in [-0.39, 0.29) is 12.5 Å². The van der Waals surface area contributed by atoms with E-state index in [4.69, 9.17) is 9.47 Å². The number of hydrogen-bond acceptors (Lipinski definition) is 8. The predicted molar refractivity (Wildman–Crippen MR) is 166 cm³/mol. The fourth-order valence-electron chi connectivity index (χ4n) is 5.27. The molecule has 1 fully saturated rings. The second-order valence-electron chi connectivity index (χ2n) is 12.0. The van der Waals surface area contributed by atoms with Crippen molar-refractivity contribution < 1.29 is 39.8 Å². The number of allylic oxidation sites excluding steroid dienone is 1. The second-order valence-corrected chi connectivity index (χ2v) is 12.0. The topological polar surface area (TPSA) is 149 Å². The number of carbonyl (C=O) groups excluding carboxylic acids is 1. The van der Waals surface area contributed by atoms with Crippen LogP contribution in [0.15, 0.2) is 12.2 Å². The summed E-state index contributed by atoms with van der Waals surface area (Å²) in [5.74, 6) is -0.185. The summed E-state index contributed by atoms with van der Waals surface area (Å²) in [5, 5.41) is 53.6. The first-order valence-electron chi connectivity index (χ1n) is 16.9. The molecule has 0 radical (unpaired) electrons. The zero-order valence-corrected chi connectivity index (χ0v) is 26.5. The van der Waals surface area contributed by atoms with Gasteiger partial charge in [0.2, 0.25) is 5.91 Å². The first kappa shape index (κ1) is 39.0. The highest BCUT2D eigenvalue weighted by Gasteiger charge is 2.44. The second kappa shape index (κ2) is 25.3. The van der Waals surface area contributed by atoms with Crippen LogP contribution in [0.3, 0.4) is 0 Å². The molecule has 0 spiro atoms.